The van der Waals surface area contributed by atoms with E-state index in [4.69, 9.17) is 5.73 Å². The van der Waals surface area contributed by atoms with E-state index in [1.54, 1.807) is 17.0 Å². The van der Waals surface area contributed by atoms with Gasteiger partial charge in [0, 0.05) is 25.7 Å². The Hall–Kier alpha value is -3.86. The molecule has 1 aliphatic heterocycles. The quantitative estimate of drug-likeness (QED) is 0.302. The van der Waals surface area contributed by atoms with Crippen LogP contribution in [-0.4, -0.2) is 24.4 Å². The summed E-state index contributed by atoms with van der Waals surface area (Å²) < 4.78 is 13.1. The Kier molecular flexibility index (Phi) is 10.8. The van der Waals surface area contributed by atoms with Gasteiger partial charge in [-0.1, -0.05) is 67.6 Å². The molecule has 0 saturated carbocycles. The van der Waals surface area contributed by atoms with Gasteiger partial charge >= 0.3 is 0 Å². The fourth-order valence-corrected chi connectivity index (χ4v) is 3.26. The third-order valence-electron chi connectivity index (χ3n) is 5.52. The summed E-state index contributed by atoms with van der Waals surface area (Å²) in [5, 5.41) is 3.27. The summed E-state index contributed by atoms with van der Waals surface area (Å²) in [5.74, 6) is 0.0419. The van der Waals surface area contributed by atoms with Crippen molar-refractivity contribution < 1.29 is 9.18 Å². The lowest BCUT2D eigenvalue weighted by Gasteiger charge is -2.14. The number of nitrogens with one attached hydrogen (secondary N) is 1. The molecule has 0 aromatic heterocycles. The van der Waals surface area contributed by atoms with Gasteiger partial charge in [0.05, 0.1) is 11.4 Å². The number of nitrogens with zero attached hydrogens (tertiary/aromatic N) is 1. The zero-order valence-electron chi connectivity index (χ0n) is 21.0. The molecule has 0 spiro atoms. The molecule has 3 aromatic rings. The Morgan fingerprint density at radius 2 is 1.69 bits per heavy atom. The minimum absolute atomic E-state index is 0.250. The number of allylic oxidation sites excluding steroid dienone is 1. The number of halogens is 1. The van der Waals surface area contributed by atoms with Crippen LogP contribution < -0.4 is 11.1 Å². The van der Waals surface area contributed by atoms with Crippen LogP contribution in [0.4, 0.5) is 15.8 Å². The number of rotatable bonds is 5. The van der Waals surface area contributed by atoms with Gasteiger partial charge in [0.15, 0.2) is 0 Å². The number of carbonyl (C=O) groups is 1. The second-order valence-corrected chi connectivity index (χ2v) is 8.39. The van der Waals surface area contributed by atoms with Crippen molar-refractivity contribution in [1.29, 1.82) is 0 Å². The van der Waals surface area contributed by atoms with Crippen LogP contribution in [0.15, 0.2) is 86.0 Å². The number of nitrogen functional groups attached to an aromatic ring is 1. The van der Waals surface area contributed by atoms with Gasteiger partial charge in [-0.3, -0.25) is 4.79 Å². The van der Waals surface area contributed by atoms with Crippen LogP contribution in [0.25, 0.3) is 16.8 Å². The molecule has 1 heterocycles. The normalized spacial score (nSPS) is 12.1. The van der Waals surface area contributed by atoms with Crippen LogP contribution in [0.5, 0.6) is 0 Å². The van der Waals surface area contributed by atoms with E-state index >= 15 is 0 Å². The molecule has 1 saturated heterocycles. The first-order chi connectivity index (χ1) is 16.7. The number of aryl methyl sites for hydroxylation is 1. The van der Waals surface area contributed by atoms with Gasteiger partial charge in [-0.25, -0.2) is 4.39 Å². The SMILES string of the molecule is C=C(Nc1cc(-c2ccc(F)cc2)ccc1N)c1ccc(C)cc1.C=CCC.CN1CCCC1=O. The van der Waals surface area contributed by atoms with E-state index < -0.39 is 0 Å². The van der Waals surface area contributed by atoms with Gasteiger partial charge in [0.1, 0.15) is 5.82 Å². The van der Waals surface area contributed by atoms with Gasteiger partial charge in [-0.05, 0) is 60.7 Å². The number of anilines is 2. The van der Waals surface area contributed by atoms with Crippen molar-refractivity contribution in [3.8, 4) is 11.1 Å². The average molecular weight is 474 g/mol. The first kappa shape index (κ1) is 27.4. The monoisotopic (exact) mass is 473 g/mol. The third-order valence-corrected chi connectivity index (χ3v) is 5.52. The van der Waals surface area contributed by atoms with Crippen molar-refractivity contribution >= 4 is 23.0 Å². The highest BCUT2D eigenvalue weighted by Crippen LogP contribution is 2.29. The van der Waals surface area contributed by atoms with Gasteiger partial charge in [-0.15, -0.1) is 6.58 Å². The largest absolute Gasteiger partial charge is 0.397 e. The van der Waals surface area contributed by atoms with Crippen LogP contribution in [0.3, 0.4) is 0 Å². The van der Waals surface area contributed by atoms with E-state index in [9.17, 15) is 9.18 Å². The summed E-state index contributed by atoms with van der Waals surface area (Å²) in [5.41, 5.74) is 12.4. The molecule has 3 N–H and O–H groups in total. The highest BCUT2D eigenvalue weighted by atomic mass is 19.1. The lowest BCUT2D eigenvalue weighted by Crippen LogP contribution is -2.17. The van der Waals surface area contributed by atoms with Gasteiger partial charge < -0.3 is 16.0 Å². The minimum atomic E-state index is -0.250. The molecule has 5 heteroatoms. The fraction of sp³-hybridized carbons (Fsp3) is 0.233. The van der Waals surface area contributed by atoms with Crippen molar-refractivity contribution in [3.05, 3.63) is 103 Å². The first-order valence-corrected chi connectivity index (χ1v) is 11.8. The molecule has 0 unspecified atom stereocenters. The number of hydrogen-bond acceptors (Lipinski definition) is 3. The van der Waals surface area contributed by atoms with Crippen molar-refractivity contribution in [2.24, 2.45) is 0 Å². The number of amides is 1. The summed E-state index contributed by atoms with van der Waals surface area (Å²) in [6.07, 6.45) is 4.77. The second-order valence-electron chi connectivity index (χ2n) is 8.39. The van der Waals surface area contributed by atoms with Crippen LogP contribution in [-0.2, 0) is 4.79 Å². The molecule has 3 aromatic carbocycles. The fourth-order valence-electron chi connectivity index (χ4n) is 3.26. The van der Waals surface area contributed by atoms with E-state index in [0.717, 1.165) is 53.9 Å². The van der Waals surface area contributed by atoms with Crippen molar-refractivity contribution in [2.45, 2.75) is 33.1 Å². The van der Waals surface area contributed by atoms with Crippen LogP contribution >= 0.6 is 0 Å². The summed E-state index contributed by atoms with van der Waals surface area (Å²) in [4.78, 5) is 12.3. The summed E-state index contributed by atoms with van der Waals surface area (Å²) in [7, 11) is 1.84. The topological polar surface area (TPSA) is 58.4 Å². The standard InChI is InChI=1S/C21H19FN2.C5H9NO.C4H8/c1-14-3-5-16(6-4-14)15(2)24-21-13-18(9-12-20(21)23)17-7-10-19(22)11-8-17;1-6-4-2-3-5(6)7;1-3-4-2/h3-13,24H,2,23H2,1H3;2-4H2,1H3;3H,1,4H2,2H3. The molecule has 35 heavy (non-hydrogen) atoms. The zero-order valence-corrected chi connectivity index (χ0v) is 21.0. The molecule has 1 amide bonds. The summed E-state index contributed by atoms with van der Waals surface area (Å²) in [6, 6.07) is 20.2. The molecule has 1 aliphatic rings. The van der Waals surface area contributed by atoms with Crippen molar-refractivity contribution in [1.82, 2.24) is 4.90 Å². The maximum atomic E-state index is 13.1. The maximum absolute atomic E-state index is 13.1. The van der Waals surface area contributed by atoms with Crippen molar-refractivity contribution in [3.63, 3.8) is 0 Å². The molecule has 1 fully saturated rings. The van der Waals surface area contributed by atoms with Crippen LogP contribution in [0.1, 0.15) is 37.3 Å². The van der Waals surface area contributed by atoms with Gasteiger partial charge in [0.2, 0.25) is 5.91 Å². The van der Waals surface area contributed by atoms with Gasteiger partial charge in [-0.2, -0.15) is 0 Å². The molecular weight excluding hydrogens is 437 g/mol. The summed E-state index contributed by atoms with van der Waals surface area (Å²) >= 11 is 0. The number of nitrogens with two attached hydrogens (primary N) is 1. The van der Waals surface area contributed by atoms with E-state index in [1.165, 1.54) is 17.7 Å². The Balaban J connectivity index is 0.000000325. The highest BCUT2D eigenvalue weighted by Gasteiger charge is 2.14. The lowest BCUT2D eigenvalue weighted by atomic mass is 10.0. The van der Waals surface area contributed by atoms with Crippen LogP contribution in [0, 0.1) is 12.7 Å². The number of likely N-dealkylation sites (tertiary alicyclic amines) is 1. The number of hydrogen-bond donors (Lipinski definition) is 2. The molecular formula is C30H36FN3O. The Morgan fingerprint density at radius 1 is 1.09 bits per heavy atom. The van der Waals surface area contributed by atoms with E-state index in [1.807, 2.05) is 62.5 Å². The van der Waals surface area contributed by atoms with E-state index in [0.29, 0.717) is 11.6 Å². The number of benzene rings is 3. The number of carbonyl (C=O) groups excluding carboxylic acids is 1. The van der Waals surface area contributed by atoms with E-state index in [-0.39, 0.29) is 5.82 Å². The predicted octanol–water partition coefficient (Wildman–Crippen LogP) is 7.29. The molecule has 184 valence electrons. The Morgan fingerprint density at radius 3 is 2.17 bits per heavy atom. The van der Waals surface area contributed by atoms with E-state index in [2.05, 4.69) is 25.4 Å². The zero-order chi connectivity index (χ0) is 25.8. The maximum Gasteiger partial charge on any atom is 0.222 e. The average Bonchev–Trinajstić information content (AvgIpc) is 3.24. The highest BCUT2D eigenvalue weighted by molar-refractivity contribution is 5.84. The first-order valence-electron chi connectivity index (χ1n) is 11.8. The van der Waals surface area contributed by atoms with Crippen molar-refractivity contribution in [2.75, 3.05) is 24.6 Å². The smallest absolute Gasteiger partial charge is 0.222 e. The Labute approximate surface area is 209 Å². The molecule has 4 nitrogen and oxygen atoms in total. The minimum Gasteiger partial charge on any atom is -0.397 e. The van der Waals surface area contributed by atoms with Crippen LogP contribution in [0.2, 0.25) is 0 Å². The molecule has 0 aliphatic carbocycles. The molecule has 4 rings (SSSR count). The molecule has 0 radical (unpaired) electrons. The predicted molar refractivity (Wildman–Crippen MR) is 147 cm³/mol. The lowest BCUT2D eigenvalue weighted by molar-refractivity contribution is -0.126. The third kappa shape index (κ3) is 8.78. The van der Waals surface area contributed by atoms with Gasteiger partial charge in [0.25, 0.3) is 0 Å². The summed E-state index contributed by atoms with van der Waals surface area (Å²) in [6.45, 7) is 12.6. The molecule has 0 atom stereocenters. The Bertz CT molecular complexity index is 1120. The molecule has 0 bridgehead atoms. The second kappa shape index (κ2) is 13.8.